The molecule has 1 fully saturated rings. The van der Waals surface area contributed by atoms with Crippen molar-refractivity contribution in [3.63, 3.8) is 0 Å². The molecule has 1 aromatic rings. The van der Waals surface area contributed by atoms with Crippen LogP contribution in [0, 0.1) is 6.92 Å². The van der Waals surface area contributed by atoms with Gasteiger partial charge in [0.15, 0.2) is 0 Å². The number of urea groups is 1. The molecule has 0 atom stereocenters. The van der Waals surface area contributed by atoms with Crippen LogP contribution in [0.5, 0.6) is 0 Å². The van der Waals surface area contributed by atoms with Crippen molar-refractivity contribution in [1.29, 1.82) is 0 Å². The summed E-state index contributed by atoms with van der Waals surface area (Å²) >= 11 is 0. The van der Waals surface area contributed by atoms with Crippen LogP contribution in [-0.4, -0.2) is 67.6 Å². The van der Waals surface area contributed by atoms with Crippen molar-refractivity contribution in [1.82, 2.24) is 20.4 Å². The van der Waals surface area contributed by atoms with Crippen molar-refractivity contribution in [2.45, 2.75) is 26.7 Å². The molecule has 2 rings (SSSR count). The van der Waals surface area contributed by atoms with E-state index in [0.717, 1.165) is 32.5 Å². The molecule has 0 unspecified atom stereocenters. The van der Waals surface area contributed by atoms with Crippen LogP contribution in [-0.2, 0) is 11.2 Å². The first-order valence-corrected chi connectivity index (χ1v) is 9.16. The number of carbonyl (C=O) groups excluding carboxylic acids is 2. The minimum absolute atomic E-state index is 0.0105. The van der Waals surface area contributed by atoms with Gasteiger partial charge < -0.3 is 15.5 Å². The third-order valence-corrected chi connectivity index (χ3v) is 4.53. The van der Waals surface area contributed by atoms with Gasteiger partial charge in [0, 0.05) is 39.3 Å². The summed E-state index contributed by atoms with van der Waals surface area (Å²) in [5.41, 5.74) is 2.53. The first kappa shape index (κ1) is 19.2. The Morgan fingerprint density at radius 2 is 1.76 bits per heavy atom. The summed E-state index contributed by atoms with van der Waals surface area (Å²) in [4.78, 5) is 27.9. The normalized spacial score (nSPS) is 15.0. The molecule has 1 aromatic carbocycles. The summed E-state index contributed by atoms with van der Waals surface area (Å²) in [7, 11) is 0. The van der Waals surface area contributed by atoms with Crippen LogP contribution in [0.4, 0.5) is 4.79 Å². The molecule has 1 saturated heterocycles. The van der Waals surface area contributed by atoms with Gasteiger partial charge in [0.1, 0.15) is 0 Å². The van der Waals surface area contributed by atoms with E-state index in [9.17, 15) is 9.59 Å². The Morgan fingerprint density at radius 3 is 2.44 bits per heavy atom. The highest BCUT2D eigenvalue weighted by Gasteiger charge is 2.22. The molecule has 0 bridgehead atoms. The van der Waals surface area contributed by atoms with Crippen LogP contribution < -0.4 is 10.6 Å². The standard InChI is InChI=1S/C19H30N4O2/c1-3-9-20-18(24)15-22-11-13-23(14-12-22)19(25)21-10-8-17-7-5-4-6-16(17)2/h4-7H,3,8-15H2,1-2H3,(H,20,24)(H,21,25). The number of benzene rings is 1. The highest BCUT2D eigenvalue weighted by Crippen LogP contribution is 2.07. The highest BCUT2D eigenvalue weighted by atomic mass is 16.2. The summed E-state index contributed by atoms with van der Waals surface area (Å²) in [6, 6.07) is 8.24. The average Bonchev–Trinajstić information content (AvgIpc) is 2.62. The van der Waals surface area contributed by atoms with Crippen LogP contribution in [0.15, 0.2) is 24.3 Å². The lowest BCUT2D eigenvalue weighted by atomic mass is 10.1. The molecule has 2 N–H and O–H groups in total. The zero-order chi connectivity index (χ0) is 18.1. The van der Waals surface area contributed by atoms with Gasteiger partial charge in [-0.2, -0.15) is 0 Å². The van der Waals surface area contributed by atoms with E-state index in [4.69, 9.17) is 0 Å². The fourth-order valence-corrected chi connectivity index (χ4v) is 2.94. The van der Waals surface area contributed by atoms with E-state index in [-0.39, 0.29) is 11.9 Å². The number of aryl methyl sites for hydroxylation is 1. The Morgan fingerprint density at radius 1 is 1.04 bits per heavy atom. The molecule has 6 heteroatoms. The van der Waals surface area contributed by atoms with E-state index in [0.29, 0.717) is 26.2 Å². The van der Waals surface area contributed by atoms with Crippen LogP contribution >= 0.6 is 0 Å². The second kappa shape index (κ2) is 10.0. The predicted octanol–water partition coefficient (Wildman–Crippen LogP) is 1.39. The number of hydrogen-bond acceptors (Lipinski definition) is 3. The molecule has 6 nitrogen and oxygen atoms in total. The van der Waals surface area contributed by atoms with Gasteiger partial charge in [-0.25, -0.2) is 4.79 Å². The van der Waals surface area contributed by atoms with E-state index in [1.807, 2.05) is 24.0 Å². The Labute approximate surface area is 150 Å². The molecule has 0 saturated carbocycles. The maximum absolute atomic E-state index is 12.3. The summed E-state index contributed by atoms with van der Waals surface area (Å²) < 4.78 is 0. The zero-order valence-electron chi connectivity index (χ0n) is 15.4. The number of hydrogen-bond donors (Lipinski definition) is 2. The first-order valence-electron chi connectivity index (χ1n) is 9.16. The van der Waals surface area contributed by atoms with E-state index >= 15 is 0 Å². The zero-order valence-corrected chi connectivity index (χ0v) is 15.4. The summed E-state index contributed by atoms with van der Waals surface area (Å²) in [5.74, 6) is 0.0676. The Bertz CT molecular complexity index is 568. The lowest BCUT2D eigenvalue weighted by Gasteiger charge is -2.34. The van der Waals surface area contributed by atoms with Crippen molar-refractivity contribution in [2.24, 2.45) is 0 Å². The molecule has 25 heavy (non-hydrogen) atoms. The predicted molar refractivity (Wildman–Crippen MR) is 99.6 cm³/mol. The quantitative estimate of drug-likeness (QED) is 0.784. The fraction of sp³-hybridized carbons (Fsp3) is 0.579. The van der Waals surface area contributed by atoms with E-state index in [1.165, 1.54) is 11.1 Å². The molecule has 0 spiro atoms. The molecule has 1 aliphatic heterocycles. The van der Waals surface area contributed by atoms with Gasteiger partial charge in [-0.3, -0.25) is 9.69 Å². The van der Waals surface area contributed by atoms with E-state index in [1.54, 1.807) is 0 Å². The third-order valence-electron chi connectivity index (χ3n) is 4.53. The number of nitrogens with one attached hydrogen (secondary N) is 2. The van der Waals surface area contributed by atoms with Crippen LogP contribution in [0.25, 0.3) is 0 Å². The largest absolute Gasteiger partial charge is 0.355 e. The SMILES string of the molecule is CCCNC(=O)CN1CCN(C(=O)NCCc2ccccc2C)CC1. The smallest absolute Gasteiger partial charge is 0.317 e. The third kappa shape index (κ3) is 6.38. The summed E-state index contributed by atoms with van der Waals surface area (Å²) in [5, 5.41) is 5.89. The van der Waals surface area contributed by atoms with Gasteiger partial charge in [-0.15, -0.1) is 0 Å². The molecule has 1 heterocycles. The number of nitrogens with zero attached hydrogens (tertiary/aromatic N) is 2. The van der Waals surface area contributed by atoms with Crippen molar-refractivity contribution in [2.75, 3.05) is 45.8 Å². The molecular weight excluding hydrogens is 316 g/mol. The van der Waals surface area contributed by atoms with Gasteiger partial charge in [0.25, 0.3) is 0 Å². The first-order chi connectivity index (χ1) is 12.1. The van der Waals surface area contributed by atoms with Gasteiger partial charge in [0.2, 0.25) is 5.91 Å². The lowest BCUT2D eigenvalue weighted by molar-refractivity contribution is -0.122. The molecule has 0 aromatic heterocycles. The number of rotatable bonds is 7. The van der Waals surface area contributed by atoms with Crippen molar-refractivity contribution < 1.29 is 9.59 Å². The van der Waals surface area contributed by atoms with E-state index in [2.05, 4.69) is 34.6 Å². The Balaban J connectivity index is 1.65. The van der Waals surface area contributed by atoms with Gasteiger partial charge in [-0.1, -0.05) is 31.2 Å². The maximum atomic E-state index is 12.3. The second-order valence-electron chi connectivity index (χ2n) is 6.52. The minimum Gasteiger partial charge on any atom is -0.355 e. The van der Waals surface area contributed by atoms with Gasteiger partial charge >= 0.3 is 6.03 Å². The molecular formula is C19H30N4O2. The average molecular weight is 346 g/mol. The highest BCUT2D eigenvalue weighted by molar-refractivity contribution is 5.78. The Hall–Kier alpha value is -2.08. The topological polar surface area (TPSA) is 64.7 Å². The maximum Gasteiger partial charge on any atom is 0.317 e. The summed E-state index contributed by atoms with van der Waals surface area (Å²) in [6.45, 7) is 8.72. The number of carbonyl (C=O) groups is 2. The molecule has 0 aliphatic carbocycles. The minimum atomic E-state index is -0.0105. The lowest BCUT2D eigenvalue weighted by Crippen LogP contribution is -2.53. The van der Waals surface area contributed by atoms with Crippen molar-refractivity contribution in [3.8, 4) is 0 Å². The van der Waals surface area contributed by atoms with Gasteiger partial charge in [-0.05, 0) is 30.9 Å². The molecule has 138 valence electrons. The van der Waals surface area contributed by atoms with Gasteiger partial charge in [0.05, 0.1) is 6.54 Å². The monoisotopic (exact) mass is 346 g/mol. The second-order valence-corrected chi connectivity index (χ2v) is 6.52. The van der Waals surface area contributed by atoms with Crippen LogP contribution in [0.2, 0.25) is 0 Å². The van der Waals surface area contributed by atoms with Crippen molar-refractivity contribution >= 4 is 11.9 Å². The number of piperazine rings is 1. The van der Waals surface area contributed by atoms with Crippen LogP contribution in [0.1, 0.15) is 24.5 Å². The molecule has 1 aliphatic rings. The Kier molecular flexibility index (Phi) is 7.73. The number of amides is 3. The molecule has 0 radical (unpaired) electrons. The summed E-state index contributed by atoms with van der Waals surface area (Å²) in [6.07, 6.45) is 1.79. The van der Waals surface area contributed by atoms with Crippen LogP contribution in [0.3, 0.4) is 0 Å². The molecule has 3 amide bonds. The van der Waals surface area contributed by atoms with Crippen molar-refractivity contribution in [3.05, 3.63) is 35.4 Å². The fourth-order valence-electron chi connectivity index (χ4n) is 2.94. The van der Waals surface area contributed by atoms with E-state index < -0.39 is 0 Å².